The van der Waals surface area contributed by atoms with Crippen molar-refractivity contribution in [2.45, 2.75) is 33.2 Å². The first-order chi connectivity index (χ1) is 17.1. The van der Waals surface area contributed by atoms with E-state index in [0.29, 0.717) is 39.1 Å². The highest BCUT2D eigenvalue weighted by atomic mass is 19.3. The number of alkyl halides is 4. The second kappa shape index (κ2) is 9.84. The molecule has 4 aromatic heterocycles. The van der Waals surface area contributed by atoms with E-state index in [9.17, 15) is 27.5 Å². The summed E-state index contributed by atoms with van der Waals surface area (Å²) < 4.78 is 58.2. The van der Waals surface area contributed by atoms with E-state index in [1.54, 1.807) is 19.9 Å². The van der Waals surface area contributed by atoms with Gasteiger partial charge in [0.05, 0.1) is 42.1 Å². The SMILES string of the molecule is COc1ncc(-c2cc(C)c3c(O)n(-c4cnn(CC(F)F)c4)c(C)c3n2)cc1C(=O)NCC(F)F. The number of pyridine rings is 2. The Morgan fingerprint density at radius 2 is 1.92 bits per heavy atom. The van der Waals surface area contributed by atoms with Crippen LogP contribution in [0.2, 0.25) is 0 Å². The Bertz CT molecular complexity index is 1430. The predicted molar refractivity (Wildman–Crippen MR) is 122 cm³/mol. The molecular weight excluding hydrogens is 484 g/mol. The number of nitrogens with zero attached hydrogens (tertiary/aromatic N) is 5. The summed E-state index contributed by atoms with van der Waals surface area (Å²) in [6, 6.07) is 3.11. The lowest BCUT2D eigenvalue weighted by atomic mass is 10.1. The van der Waals surface area contributed by atoms with Crippen LogP contribution in [0.15, 0.2) is 30.7 Å². The molecule has 190 valence electrons. The lowest BCUT2D eigenvalue weighted by Gasteiger charge is -2.11. The van der Waals surface area contributed by atoms with E-state index in [1.807, 2.05) is 0 Å². The Balaban J connectivity index is 1.79. The van der Waals surface area contributed by atoms with Crippen LogP contribution < -0.4 is 10.1 Å². The van der Waals surface area contributed by atoms with E-state index >= 15 is 0 Å². The summed E-state index contributed by atoms with van der Waals surface area (Å²) in [7, 11) is 1.30. The van der Waals surface area contributed by atoms with Crippen LogP contribution in [0.1, 0.15) is 21.6 Å². The van der Waals surface area contributed by atoms with Crippen LogP contribution in [0.25, 0.3) is 27.8 Å². The highest BCUT2D eigenvalue weighted by molar-refractivity contribution is 5.98. The average Bonchev–Trinajstić information content (AvgIpc) is 3.38. The van der Waals surface area contributed by atoms with Crippen molar-refractivity contribution < 1.29 is 32.2 Å². The first kappa shape index (κ1) is 24.9. The molecule has 0 aliphatic carbocycles. The Kier molecular flexibility index (Phi) is 6.82. The van der Waals surface area contributed by atoms with Gasteiger partial charge in [-0.1, -0.05) is 0 Å². The van der Waals surface area contributed by atoms with Gasteiger partial charge < -0.3 is 15.2 Å². The maximum Gasteiger partial charge on any atom is 0.257 e. The zero-order valence-electron chi connectivity index (χ0n) is 19.5. The molecule has 0 fully saturated rings. The van der Waals surface area contributed by atoms with Crippen molar-refractivity contribution in [2.75, 3.05) is 13.7 Å². The molecule has 4 rings (SSSR count). The summed E-state index contributed by atoms with van der Waals surface area (Å²) in [4.78, 5) is 21.2. The van der Waals surface area contributed by atoms with E-state index in [4.69, 9.17) is 4.74 Å². The molecule has 13 heteroatoms. The summed E-state index contributed by atoms with van der Waals surface area (Å²) in [5.74, 6) is -0.945. The molecule has 0 aliphatic rings. The molecule has 4 heterocycles. The monoisotopic (exact) mass is 506 g/mol. The number of rotatable bonds is 8. The molecule has 0 saturated heterocycles. The minimum Gasteiger partial charge on any atom is -0.494 e. The smallest absolute Gasteiger partial charge is 0.257 e. The zero-order valence-corrected chi connectivity index (χ0v) is 19.5. The van der Waals surface area contributed by atoms with E-state index < -0.39 is 31.8 Å². The molecule has 0 atom stereocenters. The van der Waals surface area contributed by atoms with Gasteiger partial charge in [-0.25, -0.2) is 27.5 Å². The minimum atomic E-state index is -2.72. The lowest BCUT2D eigenvalue weighted by molar-refractivity contribution is 0.0888. The third-order valence-electron chi connectivity index (χ3n) is 5.53. The Morgan fingerprint density at radius 3 is 2.58 bits per heavy atom. The zero-order chi connectivity index (χ0) is 26.1. The number of fused-ring (bicyclic) bond motifs is 1. The number of amides is 1. The molecule has 2 N–H and O–H groups in total. The summed E-state index contributed by atoms with van der Waals surface area (Å²) in [6.45, 7) is 2.05. The van der Waals surface area contributed by atoms with Gasteiger partial charge in [-0.3, -0.25) is 14.0 Å². The third kappa shape index (κ3) is 4.68. The van der Waals surface area contributed by atoms with Gasteiger partial charge in [0, 0.05) is 23.7 Å². The molecule has 0 aliphatic heterocycles. The number of carbonyl (C=O) groups excluding carboxylic acids is 1. The maximum atomic E-state index is 12.7. The van der Waals surface area contributed by atoms with Crippen LogP contribution >= 0.6 is 0 Å². The summed E-state index contributed by atoms with van der Waals surface area (Å²) in [5, 5.41) is 17.4. The van der Waals surface area contributed by atoms with Crippen molar-refractivity contribution in [2.24, 2.45) is 0 Å². The number of methoxy groups -OCH3 is 1. The second-order valence-corrected chi connectivity index (χ2v) is 7.99. The van der Waals surface area contributed by atoms with Gasteiger partial charge in [-0.05, 0) is 31.5 Å². The van der Waals surface area contributed by atoms with Crippen LogP contribution in [0.3, 0.4) is 0 Å². The van der Waals surface area contributed by atoms with Gasteiger partial charge in [0.15, 0.2) is 0 Å². The fourth-order valence-electron chi connectivity index (χ4n) is 3.95. The number of aromatic nitrogens is 5. The third-order valence-corrected chi connectivity index (χ3v) is 5.53. The van der Waals surface area contributed by atoms with E-state index in [0.717, 1.165) is 4.68 Å². The number of aromatic hydroxyl groups is 1. The Labute approximate surface area is 202 Å². The summed E-state index contributed by atoms with van der Waals surface area (Å²) in [6.07, 6.45) is -1.11. The highest BCUT2D eigenvalue weighted by Crippen LogP contribution is 2.37. The highest BCUT2D eigenvalue weighted by Gasteiger charge is 2.22. The Hall–Kier alpha value is -4.16. The molecule has 0 unspecified atom stereocenters. The largest absolute Gasteiger partial charge is 0.494 e. The Morgan fingerprint density at radius 1 is 1.17 bits per heavy atom. The number of nitrogens with one attached hydrogen (secondary N) is 1. The first-order valence-corrected chi connectivity index (χ1v) is 10.7. The van der Waals surface area contributed by atoms with Crippen molar-refractivity contribution >= 4 is 16.8 Å². The van der Waals surface area contributed by atoms with Gasteiger partial charge in [0.25, 0.3) is 18.8 Å². The molecule has 1 amide bonds. The molecule has 0 radical (unpaired) electrons. The molecular formula is C23H22F4N6O3. The number of carbonyl (C=O) groups is 1. The summed E-state index contributed by atoms with van der Waals surface area (Å²) >= 11 is 0. The summed E-state index contributed by atoms with van der Waals surface area (Å²) in [5.41, 5.74) is 2.77. The topological polar surface area (TPSA) is 107 Å². The van der Waals surface area contributed by atoms with Crippen molar-refractivity contribution in [1.82, 2.24) is 29.6 Å². The number of ether oxygens (including phenoxy) is 1. The van der Waals surface area contributed by atoms with Crippen LogP contribution in [0, 0.1) is 13.8 Å². The van der Waals surface area contributed by atoms with Gasteiger partial charge in [0.1, 0.15) is 12.1 Å². The standard InChI is InChI=1S/C23H22F4N6O3/c1-11-4-16(13-5-15(22(36-3)29-6-13)21(34)28-8-17(24)25)31-20-12(2)33(23(35)19(11)20)14-7-30-32(9-14)10-18(26)27/h4-7,9,17-18,35H,8,10H2,1-3H3,(H,28,34). The van der Waals surface area contributed by atoms with Gasteiger partial charge in [0.2, 0.25) is 11.8 Å². The van der Waals surface area contributed by atoms with E-state index in [1.165, 1.54) is 36.3 Å². The molecule has 4 aromatic rings. The fraction of sp³-hybridized carbons (Fsp3) is 0.304. The molecule has 9 nitrogen and oxygen atoms in total. The van der Waals surface area contributed by atoms with Gasteiger partial charge in [-0.15, -0.1) is 0 Å². The number of hydrogen-bond donors (Lipinski definition) is 2. The van der Waals surface area contributed by atoms with Crippen LogP contribution in [0.4, 0.5) is 17.6 Å². The lowest BCUT2D eigenvalue weighted by Crippen LogP contribution is -2.29. The number of aryl methyl sites for hydroxylation is 2. The molecule has 0 spiro atoms. The normalized spacial score (nSPS) is 11.6. The number of halogens is 4. The average molecular weight is 506 g/mol. The van der Waals surface area contributed by atoms with Crippen molar-refractivity contribution in [1.29, 1.82) is 0 Å². The predicted octanol–water partition coefficient (Wildman–Crippen LogP) is 3.88. The van der Waals surface area contributed by atoms with Gasteiger partial charge in [-0.2, -0.15) is 5.10 Å². The first-order valence-electron chi connectivity index (χ1n) is 10.7. The molecule has 0 aromatic carbocycles. The molecule has 0 bridgehead atoms. The maximum absolute atomic E-state index is 12.7. The molecule has 36 heavy (non-hydrogen) atoms. The van der Waals surface area contributed by atoms with Crippen LogP contribution in [-0.2, 0) is 6.54 Å². The van der Waals surface area contributed by atoms with Crippen molar-refractivity contribution in [3.63, 3.8) is 0 Å². The van der Waals surface area contributed by atoms with Crippen LogP contribution in [-0.4, -0.2) is 61.8 Å². The molecule has 0 saturated carbocycles. The fourth-order valence-corrected chi connectivity index (χ4v) is 3.95. The minimum absolute atomic E-state index is 0.0379. The second-order valence-electron chi connectivity index (χ2n) is 7.99. The van der Waals surface area contributed by atoms with Gasteiger partial charge >= 0.3 is 0 Å². The van der Waals surface area contributed by atoms with Crippen molar-refractivity contribution in [3.8, 4) is 28.7 Å². The van der Waals surface area contributed by atoms with Crippen LogP contribution in [0.5, 0.6) is 11.8 Å². The van der Waals surface area contributed by atoms with Crippen molar-refractivity contribution in [3.05, 3.63) is 47.5 Å². The van der Waals surface area contributed by atoms with E-state index in [2.05, 4.69) is 20.4 Å². The quantitative estimate of drug-likeness (QED) is 0.352. The van der Waals surface area contributed by atoms with E-state index in [-0.39, 0.29) is 17.3 Å². The number of hydrogen-bond acceptors (Lipinski definition) is 6.